The van der Waals surface area contributed by atoms with Crippen molar-refractivity contribution >= 4 is 34.4 Å². The second-order valence-corrected chi connectivity index (χ2v) is 6.87. The molecule has 0 aliphatic carbocycles. The minimum absolute atomic E-state index is 0.131. The van der Waals surface area contributed by atoms with E-state index in [1.54, 1.807) is 25.4 Å². The van der Waals surface area contributed by atoms with E-state index < -0.39 is 0 Å². The van der Waals surface area contributed by atoms with Crippen LogP contribution >= 0.6 is 11.8 Å². The normalized spacial score (nSPS) is 10.9. The van der Waals surface area contributed by atoms with Gasteiger partial charge in [0.2, 0.25) is 5.91 Å². The molecule has 2 aromatic heterocycles. The first-order chi connectivity index (χ1) is 13.1. The summed E-state index contributed by atoms with van der Waals surface area (Å²) in [5.74, 6) is -0.0367. The predicted molar refractivity (Wildman–Crippen MR) is 106 cm³/mol. The third-order valence-electron chi connectivity index (χ3n) is 3.85. The molecule has 0 bridgehead atoms. The van der Waals surface area contributed by atoms with Crippen LogP contribution in [0.3, 0.4) is 0 Å². The molecule has 0 aliphatic rings. The molecule has 0 spiro atoms. The lowest BCUT2D eigenvalue weighted by Crippen LogP contribution is -2.26. The van der Waals surface area contributed by atoms with Gasteiger partial charge in [-0.3, -0.25) is 14.2 Å². The van der Waals surface area contributed by atoms with Crippen molar-refractivity contribution in [2.75, 3.05) is 24.8 Å². The SMILES string of the molecule is COCCn1c(SCC(=O)Nc2cccc(C)c2)nc2ncccc2c1=O. The molecule has 2 heterocycles. The van der Waals surface area contributed by atoms with Crippen molar-refractivity contribution in [1.29, 1.82) is 0 Å². The van der Waals surface area contributed by atoms with Gasteiger partial charge in [0, 0.05) is 19.0 Å². The standard InChI is InChI=1S/C19H20N4O3S/c1-13-5-3-6-14(11-13)21-16(24)12-27-19-22-17-15(7-4-8-20-17)18(25)23(19)9-10-26-2/h3-8,11H,9-10,12H2,1-2H3,(H,21,24). The maximum Gasteiger partial charge on any atom is 0.263 e. The molecule has 0 radical (unpaired) electrons. The highest BCUT2D eigenvalue weighted by atomic mass is 32.2. The molecule has 3 rings (SSSR count). The average molecular weight is 384 g/mol. The van der Waals surface area contributed by atoms with Crippen molar-refractivity contribution < 1.29 is 9.53 Å². The number of carbonyl (C=O) groups excluding carboxylic acids is 1. The third kappa shape index (κ3) is 4.72. The Bertz CT molecular complexity index is 1020. The molecule has 0 aliphatic heterocycles. The molecule has 7 nitrogen and oxygen atoms in total. The van der Waals surface area contributed by atoms with Crippen molar-refractivity contribution in [3.8, 4) is 0 Å². The number of hydrogen-bond donors (Lipinski definition) is 1. The van der Waals surface area contributed by atoms with Gasteiger partial charge in [0.15, 0.2) is 10.8 Å². The molecule has 1 aromatic carbocycles. The Labute approximate surface area is 160 Å². The molecule has 140 valence electrons. The Hall–Kier alpha value is -2.71. The van der Waals surface area contributed by atoms with Gasteiger partial charge < -0.3 is 10.1 Å². The highest BCUT2D eigenvalue weighted by Gasteiger charge is 2.14. The van der Waals surface area contributed by atoms with E-state index in [2.05, 4.69) is 15.3 Å². The summed E-state index contributed by atoms with van der Waals surface area (Å²) < 4.78 is 6.62. The topological polar surface area (TPSA) is 86.1 Å². The molecule has 0 saturated heterocycles. The monoisotopic (exact) mass is 384 g/mol. The van der Waals surface area contributed by atoms with Crippen LogP contribution in [0.1, 0.15) is 5.56 Å². The van der Waals surface area contributed by atoms with E-state index in [4.69, 9.17) is 4.74 Å². The Morgan fingerprint density at radius 1 is 1.30 bits per heavy atom. The lowest BCUT2D eigenvalue weighted by molar-refractivity contribution is -0.113. The number of ether oxygens (including phenoxy) is 1. The first-order valence-electron chi connectivity index (χ1n) is 8.42. The molecule has 0 atom stereocenters. The number of thioether (sulfide) groups is 1. The number of methoxy groups -OCH3 is 1. The lowest BCUT2D eigenvalue weighted by atomic mass is 10.2. The van der Waals surface area contributed by atoms with Crippen LogP contribution < -0.4 is 10.9 Å². The van der Waals surface area contributed by atoms with Crippen molar-refractivity contribution in [2.24, 2.45) is 0 Å². The number of hydrogen-bond acceptors (Lipinski definition) is 6. The highest BCUT2D eigenvalue weighted by Crippen LogP contribution is 2.18. The van der Waals surface area contributed by atoms with Crippen molar-refractivity contribution in [3.05, 3.63) is 58.5 Å². The number of aromatic nitrogens is 3. The van der Waals surface area contributed by atoms with Crippen LogP contribution in [0.4, 0.5) is 5.69 Å². The van der Waals surface area contributed by atoms with E-state index in [1.807, 2.05) is 31.2 Å². The van der Waals surface area contributed by atoms with E-state index in [1.165, 1.54) is 16.3 Å². The van der Waals surface area contributed by atoms with E-state index in [0.29, 0.717) is 29.3 Å². The van der Waals surface area contributed by atoms with Crippen LogP contribution in [0.25, 0.3) is 11.0 Å². The molecular weight excluding hydrogens is 364 g/mol. The number of benzene rings is 1. The fourth-order valence-corrected chi connectivity index (χ4v) is 3.39. The molecule has 8 heteroatoms. The number of rotatable bonds is 7. The second kappa shape index (κ2) is 8.79. The van der Waals surface area contributed by atoms with E-state index in [9.17, 15) is 9.59 Å². The smallest absolute Gasteiger partial charge is 0.263 e. The zero-order valence-corrected chi connectivity index (χ0v) is 16.0. The minimum atomic E-state index is -0.188. The van der Waals surface area contributed by atoms with Gasteiger partial charge in [0.1, 0.15) is 0 Å². The van der Waals surface area contributed by atoms with Crippen molar-refractivity contribution in [2.45, 2.75) is 18.6 Å². The number of amides is 1. The Morgan fingerprint density at radius 3 is 2.93 bits per heavy atom. The quantitative estimate of drug-likeness (QED) is 0.497. The Balaban J connectivity index is 1.80. The van der Waals surface area contributed by atoms with E-state index >= 15 is 0 Å². The number of nitrogens with one attached hydrogen (secondary N) is 1. The van der Waals surface area contributed by atoms with Gasteiger partial charge in [-0.2, -0.15) is 0 Å². The summed E-state index contributed by atoms with van der Waals surface area (Å²) in [6.07, 6.45) is 1.59. The number of anilines is 1. The fraction of sp³-hybridized carbons (Fsp3) is 0.263. The van der Waals surface area contributed by atoms with Gasteiger partial charge in [-0.05, 0) is 36.8 Å². The largest absolute Gasteiger partial charge is 0.383 e. The second-order valence-electron chi connectivity index (χ2n) is 5.92. The van der Waals surface area contributed by atoms with Gasteiger partial charge in [-0.25, -0.2) is 9.97 Å². The number of nitrogens with zero attached hydrogens (tertiary/aromatic N) is 3. The first kappa shape index (κ1) is 19.1. The van der Waals surface area contributed by atoms with Gasteiger partial charge in [0.05, 0.1) is 24.3 Å². The predicted octanol–water partition coefficient (Wildman–Crippen LogP) is 2.48. The molecular formula is C19H20N4O3S. The maximum atomic E-state index is 12.7. The number of pyridine rings is 1. The maximum absolute atomic E-state index is 12.7. The molecule has 0 unspecified atom stereocenters. The summed E-state index contributed by atoms with van der Waals surface area (Å²) in [5, 5.41) is 3.75. The molecule has 3 aromatic rings. The molecule has 0 fully saturated rings. The summed E-state index contributed by atoms with van der Waals surface area (Å²) in [4.78, 5) is 33.6. The molecule has 0 saturated carbocycles. The van der Waals surface area contributed by atoms with Gasteiger partial charge in [0.25, 0.3) is 5.56 Å². The summed E-state index contributed by atoms with van der Waals surface area (Å²) in [5.41, 5.74) is 1.99. The number of aryl methyl sites for hydroxylation is 1. The van der Waals surface area contributed by atoms with Gasteiger partial charge >= 0.3 is 0 Å². The average Bonchev–Trinajstić information content (AvgIpc) is 2.66. The molecule has 27 heavy (non-hydrogen) atoms. The van der Waals surface area contributed by atoms with Crippen LogP contribution in [0.2, 0.25) is 0 Å². The third-order valence-corrected chi connectivity index (χ3v) is 4.82. The summed E-state index contributed by atoms with van der Waals surface area (Å²) in [7, 11) is 1.57. The Kier molecular flexibility index (Phi) is 6.20. The zero-order chi connectivity index (χ0) is 19.2. The van der Waals surface area contributed by atoms with Crippen LogP contribution in [-0.4, -0.2) is 39.9 Å². The van der Waals surface area contributed by atoms with E-state index in [0.717, 1.165) is 11.3 Å². The zero-order valence-electron chi connectivity index (χ0n) is 15.1. The minimum Gasteiger partial charge on any atom is -0.383 e. The van der Waals surface area contributed by atoms with Crippen LogP contribution in [-0.2, 0) is 16.1 Å². The van der Waals surface area contributed by atoms with Crippen molar-refractivity contribution in [3.63, 3.8) is 0 Å². The van der Waals surface area contributed by atoms with Crippen LogP contribution in [0.5, 0.6) is 0 Å². The highest BCUT2D eigenvalue weighted by molar-refractivity contribution is 7.99. The van der Waals surface area contributed by atoms with Crippen LogP contribution in [0.15, 0.2) is 52.5 Å². The number of fused-ring (bicyclic) bond motifs is 1. The first-order valence-corrected chi connectivity index (χ1v) is 9.41. The summed E-state index contributed by atoms with van der Waals surface area (Å²) >= 11 is 1.20. The summed E-state index contributed by atoms with van der Waals surface area (Å²) in [6, 6.07) is 11.0. The van der Waals surface area contributed by atoms with Crippen molar-refractivity contribution in [1.82, 2.24) is 14.5 Å². The van der Waals surface area contributed by atoms with Crippen LogP contribution in [0, 0.1) is 6.92 Å². The van der Waals surface area contributed by atoms with Gasteiger partial charge in [-0.15, -0.1) is 0 Å². The molecule has 1 N–H and O–H groups in total. The summed E-state index contributed by atoms with van der Waals surface area (Å²) in [6.45, 7) is 2.69. The fourth-order valence-electron chi connectivity index (χ4n) is 2.58. The molecule has 1 amide bonds. The number of carbonyl (C=O) groups is 1. The lowest BCUT2D eigenvalue weighted by Gasteiger charge is -2.12. The van der Waals surface area contributed by atoms with E-state index in [-0.39, 0.29) is 17.2 Å². The Morgan fingerprint density at radius 2 is 2.15 bits per heavy atom. The van der Waals surface area contributed by atoms with Gasteiger partial charge in [-0.1, -0.05) is 23.9 Å².